The van der Waals surface area contributed by atoms with Crippen LogP contribution in [0, 0.1) is 11.3 Å². The summed E-state index contributed by atoms with van der Waals surface area (Å²) in [5, 5.41) is 16.8. The van der Waals surface area contributed by atoms with Crippen molar-refractivity contribution in [1.82, 2.24) is 16.0 Å². The van der Waals surface area contributed by atoms with E-state index in [0.29, 0.717) is 18.2 Å². The maximum Gasteiger partial charge on any atom is 0.315 e. The Labute approximate surface area is 146 Å². The number of rotatable bonds is 8. The maximum atomic E-state index is 12.1. The molecule has 128 valence electrons. The SMILES string of the molecule is CSCC(NC(=O)NC1CC1c1ccccc1)C(=O)NCCC#N. The first kappa shape index (κ1) is 18.1. The third kappa shape index (κ3) is 5.46. The van der Waals surface area contributed by atoms with Crippen LogP contribution in [0.2, 0.25) is 0 Å². The van der Waals surface area contributed by atoms with Crippen LogP contribution in [0.1, 0.15) is 24.3 Å². The minimum absolute atomic E-state index is 0.115. The Morgan fingerprint density at radius 3 is 2.79 bits per heavy atom. The summed E-state index contributed by atoms with van der Waals surface area (Å²) in [6.45, 7) is 0.294. The van der Waals surface area contributed by atoms with Crippen molar-refractivity contribution in [1.29, 1.82) is 5.26 Å². The number of nitriles is 1. The van der Waals surface area contributed by atoms with Crippen molar-refractivity contribution in [3.05, 3.63) is 35.9 Å². The lowest BCUT2D eigenvalue weighted by Crippen LogP contribution is -2.52. The van der Waals surface area contributed by atoms with Crippen LogP contribution in [0.3, 0.4) is 0 Å². The summed E-state index contributed by atoms with van der Waals surface area (Å²) < 4.78 is 0. The first-order chi connectivity index (χ1) is 11.7. The first-order valence-corrected chi connectivity index (χ1v) is 9.30. The molecular weight excluding hydrogens is 324 g/mol. The molecule has 1 saturated carbocycles. The van der Waals surface area contributed by atoms with E-state index in [4.69, 9.17) is 5.26 Å². The van der Waals surface area contributed by atoms with Crippen LogP contribution >= 0.6 is 11.8 Å². The second-order valence-corrected chi connectivity index (χ2v) is 6.59. The normalized spacial score (nSPS) is 19.7. The second kappa shape index (κ2) is 9.18. The van der Waals surface area contributed by atoms with Crippen molar-refractivity contribution < 1.29 is 9.59 Å². The molecule has 0 spiro atoms. The van der Waals surface area contributed by atoms with E-state index in [1.54, 1.807) is 0 Å². The van der Waals surface area contributed by atoms with Crippen molar-refractivity contribution in [2.75, 3.05) is 18.6 Å². The number of hydrogen-bond acceptors (Lipinski definition) is 4. The molecule has 2 rings (SSSR count). The quantitative estimate of drug-likeness (QED) is 0.623. The number of carbonyl (C=O) groups is 2. The van der Waals surface area contributed by atoms with Gasteiger partial charge in [-0.3, -0.25) is 4.79 Å². The molecule has 3 atom stereocenters. The van der Waals surface area contributed by atoms with E-state index in [2.05, 4.69) is 28.1 Å². The van der Waals surface area contributed by atoms with Gasteiger partial charge in [0.1, 0.15) is 6.04 Å². The van der Waals surface area contributed by atoms with Gasteiger partial charge >= 0.3 is 6.03 Å². The van der Waals surface area contributed by atoms with Crippen LogP contribution in [0.15, 0.2) is 30.3 Å². The van der Waals surface area contributed by atoms with Gasteiger partial charge in [0.15, 0.2) is 0 Å². The number of thioether (sulfide) groups is 1. The molecule has 0 saturated heterocycles. The van der Waals surface area contributed by atoms with Crippen molar-refractivity contribution >= 4 is 23.7 Å². The predicted octanol–water partition coefficient (Wildman–Crippen LogP) is 1.60. The fourth-order valence-electron chi connectivity index (χ4n) is 2.51. The lowest BCUT2D eigenvalue weighted by atomic mass is 10.1. The van der Waals surface area contributed by atoms with Crippen LogP contribution in [0.25, 0.3) is 0 Å². The van der Waals surface area contributed by atoms with Gasteiger partial charge in [0.2, 0.25) is 5.91 Å². The molecule has 24 heavy (non-hydrogen) atoms. The number of nitrogens with one attached hydrogen (secondary N) is 3. The summed E-state index contributed by atoms with van der Waals surface area (Å²) in [5.41, 5.74) is 1.22. The number of nitrogens with zero attached hydrogens (tertiary/aromatic N) is 1. The summed E-state index contributed by atoms with van der Waals surface area (Å²) in [4.78, 5) is 24.2. The molecule has 0 heterocycles. The van der Waals surface area contributed by atoms with E-state index in [9.17, 15) is 9.59 Å². The fourth-order valence-corrected chi connectivity index (χ4v) is 3.07. The Morgan fingerprint density at radius 1 is 1.38 bits per heavy atom. The van der Waals surface area contributed by atoms with Crippen molar-refractivity contribution in [3.63, 3.8) is 0 Å². The number of urea groups is 1. The Balaban J connectivity index is 1.79. The first-order valence-electron chi connectivity index (χ1n) is 7.91. The molecule has 0 radical (unpaired) electrons. The Morgan fingerprint density at radius 2 is 2.12 bits per heavy atom. The monoisotopic (exact) mass is 346 g/mol. The highest BCUT2D eigenvalue weighted by atomic mass is 32.2. The number of hydrogen-bond donors (Lipinski definition) is 3. The van der Waals surface area contributed by atoms with E-state index in [1.807, 2.05) is 30.5 Å². The van der Waals surface area contributed by atoms with E-state index in [0.717, 1.165) is 6.42 Å². The molecule has 0 bridgehead atoms. The number of benzene rings is 1. The molecule has 1 aromatic rings. The van der Waals surface area contributed by atoms with Crippen LogP contribution in [0.5, 0.6) is 0 Å². The molecule has 7 heteroatoms. The second-order valence-electron chi connectivity index (χ2n) is 5.68. The molecule has 3 unspecified atom stereocenters. The third-order valence-electron chi connectivity index (χ3n) is 3.83. The van der Waals surface area contributed by atoms with Gasteiger partial charge in [0.05, 0.1) is 12.5 Å². The molecular formula is C17H22N4O2S. The topological polar surface area (TPSA) is 94.0 Å². The Kier molecular flexibility index (Phi) is 6.94. The van der Waals surface area contributed by atoms with Gasteiger partial charge in [-0.25, -0.2) is 4.79 Å². The summed E-state index contributed by atoms with van der Waals surface area (Å²) in [5.74, 6) is 0.573. The number of amides is 3. The molecule has 6 nitrogen and oxygen atoms in total. The summed E-state index contributed by atoms with van der Waals surface area (Å²) in [6.07, 6.45) is 3.05. The molecule has 1 aliphatic carbocycles. The highest BCUT2D eigenvalue weighted by Crippen LogP contribution is 2.40. The van der Waals surface area contributed by atoms with Gasteiger partial charge in [-0.15, -0.1) is 0 Å². The zero-order valence-corrected chi connectivity index (χ0v) is 14.4. The van der Waals surface area contributed by atoms with Gasteiger partial charge in [0.25, 0.3) is 0 Å². The predicted molar refractivity (Wildman–Crippen MR) is 94.7 cm³/mol. The molecule has 1 fully saturated rings. The van der Waals surface area contributed by atoms with Gasteiger partial charge in [-0.05, 0) is 18.2 Å². The fraction of sp³-hybridized carbons (Fsp3) is 0.471. The van der Waals surface area contributed by atoms with Crippen molar-refractivity contribution in [2.24, 2.45) is 0 Å². The van der Waals surface area contributed by atoms with Crippen molar-refractivity contribution in [3.8, 4) is 6.07 Å². The van der Waals surface area contributed by atoms with Crippen LogP contribution in [-0.4, -0.2) is 42.6 Å². The van der Waals surface area contributed by atoms with E-state index in [-0.39, 0.29) is 24.4 Å². The van der Waals surface area contributed by atoms with Gasteiger partial charge in [0, 0.05) is 24.3 Å². The summed E-state index contributed by atoms with van der Waals surface area (Å²) in [7, 11) is 0. The summed E-state index contributed by atoms with van der Waals surface area (Å²) in [6, 6.07) is 11.2. The Hall–Kier alpha value is -2.20. The highest BCUT2D eigenvalue weighted by Gasteiger charge is 2.39. The highest BCUT2D eigenvalue weighted by molar-refractivity contribution is 7.98. The molecule has 1 aliphatic rings. The van der Waals surface area contributed by atoms with Gasteiger partial charge < -0.3 is 16.0 Å². The minimum atomic E-state index is -0.604. The smallest absolute Gasteiger partial charge is 0.315 e. The van der Waals surface area contributed by atoms with E-state index >= 15 is 0 Å². The molecule has 3 amide bonds. The zero-order chi connectivity index (χ0) is 17.4. The summed E-state index contributed by atoms with van der Waals surface area (Å²) >= 11 is 1.48. The van der Waals surface area contributed by atoms with Crippen LogP contribution in [-0.2, 0) is 4.79 Å². The third-order valence-corrected chi connectivity index (χ3v) is 4.49. The van der Waals surface area contributed by atoms with Gasteiger partial charge in [-0.2, -0.15) is 17.0 Å². The van der Waals surface area contributed by atoms with Crippen LogP contribution in [0.4, 0.5) is 4.79 Å². The lowest BCUT2D eigenvalue weighted by Gasteiger charge is -2.17. The molecule has 3 N–H and O–H groups in total. The van der Waals surface area contributed by atoms with E-state index < -0.39 is 6.04 Å². The molecule has 0 aliphatic heterocycles. The lowest BCUT2D eigenvalue weighted by molar-refractivity contribution is -0.122. The maximum absolute atomic E-state index is 12.1. The number of carbonyl (C=O) groups excluding carboxylic acids is 2. The zero-order valence-electron chi connectivity index (χ0n) is 13.6. The minimum Gasteiger partial charge on any atom is -0.353 e. The average Bonchev–Trinajstić information content (AvgIpc) is 3.34. The average molecular weight is 346 g/mol. The van der Waals surface area contributed by atoms with Crippen LogP contribution < -0.4 is 16.0 Å². The standard InChI is InChI=1S/C17H22N4O2S/c1-24-11-15(16(22)19-9-5-8-18)21-17(23)20-14-10-13(14)12-6-3-2-4-7-12/h2-4,6-7,13-15H,5,9-11H2,1H3,(H,19,22)(H2,20,21,23). The van der Waals surface area contributed by atoms with Gasteiger partial charge in [-0.1, -0.05) is 30.3 Å². The molecule has 1 aromatic carbocycles. The largest absolute Gasteiger partial charge is 0.353 e. The molecule has 0 aromatic heterocycles. The van der Waals surface area contributed by atoms with Crippen molar-refractivity contribution in [2.45, 2.75) is 30.8 Å². The van der Waals surface area contributed by atoms with E-state index in [1.165, 1.54) is 17.3 Å². The Bertz CT molecular complexity index is 602.